The number of hydrogen-bond donors (Lipinski definition) is 0. The second kappa shape index (κ2) is 6.81. The maximum atomic E-state index is 5.25. The van der Waals surface area contributed by atoms with Crippen molar-refractivity contribution >= 4 is 18.1 Å². The molecule has 23 heavy (non-hydrogen) atoms. The van der Waals surface area contributed by atoms with Gasteiger partial charge < -0.3 is 9.64 Å². The molecule has 1 saturated heterocycles. The summed E-state index contributed by atoms with van der Waals surface area (Å²) in [6, 6.07) is 17.3. The van der Waals surface area contributed by atoms with Gasteiger partial charge in [0.1, 0.15) is 5.75 Å². The summed E-state index contributed by atoms with van der Waals surface area (Å²) >= 11 is 0. The van der Waals surface area contributed by atoms with Crippen LogP contribution < -0.4 is 9.64 Å². The molecule has 0 aliphatic carbocycles. The second-order valence-corrected chi connectivity index (χ2v) is 6.20. The number of ether oxygens (including phenoxy) is 1. The number of rotatable bonds is 3. The van der Waals surface area contributed by atoms with E-state index < -0.39 is 0 Å². The Kier molecular flexibility index (Phi) is 4.79. The predicted octanol–water partition coefficient (Wildman–Crippen LogP) is 4.06. The zero-order chi connectivity index (χ0) is 14.9. The molecule has 2 aliphatic heterocycles. The molecule has 0 saturated carbocycles. The van der Waals surface area contributed by atoms with Crippen LogP contribution in [-0.4, -0.2) is 24.7 Å². The first-order valence-electron chi connectivity index (χ1n) is 8.07. The fourth-order valence-electron chi connectivity index (χ4n) is 3.79. The predicted molar refractivity (Wildman–Crippen MR) is 96.3 cm³/mol. The van der Waals surface area contributed by atoms with Crippen LogP contribution in [-0.2, 0) is 13.1 Å². The van der Waals surface area contributed by atoms with Crippen LogP contribution in [0.5, 0.6) is 5.75 Å². The molecule has 2 aromatic rings. The van der Waals surface area contributed by atoms with Gasteiger partial charge in [-0.05, 0) is 42.2 Å². The Morgan fingerprint density at radius 3 is 2.65 bits per heavy atom. The molecular formula is C19H23ClN2O. The molecule has 0 amide bonds. The monoisotopic (exact) mass is 330 g/mol. The summed E-state index contributed by atoms with van der Waals surface area (Å²) in [4.78, 5) is 5.19. The van der Waals surface area contributed by atoms with E-state index in [1.807, 2.05) is 0 Å². The van der Waals surface area contributed by atoms with Crippen LogP contribution in [0, 0.1) is 0 Å². The Hall–Kier alpha value is -1.71. The number of para-hydroxylation sites is 1. The first-order valence-corrected chi connectivity index (χ1v) is 8.07. The molecule has 2 aliphatic rings. The maximum absolute atomic E-state index is 5.25. The molecular weight excluding hydrogens is 308 g/mol. The van der Waals surface area contributed by atoms with E-state index in [-0.39, 0.29) is 12.4 Å². The summed E-state index contributed by atoms with van der Waals surface area (Å²) in [5.74, 6) is 0.926. The quantitative estimate of drug-likeness (QED) is 0.844. The number of anilines is 1. The van der Waals surface area contributed by atoms with Gasteiger partial charge in [0.15, 0.2) is 0 Å². The van der Waals surface area contributed by atoms with Gasteiger partial charge in [-0.15, -0.1) is 12.4 Å². The van der Waals surface area contributed by atoms with Crippen molar-refractivity contribution in [2.75, 3.05) is 18.6 Å². The third-order valence-electron chi connectivity index (χ3n) is 4.86. The molecule has 0 aromatic heterocycles. The van der Waals surface area contributed by atoms with Gasteiger partial charge in [-0.3, -0.25) is 4.90 Å². The Labute approximate surface area is 144 Å². The summed E-state index contributed by atoms with van der Waals surface area (Å²) in [6.45, 7) is 3.23. The average Bonchev–Trinajstić information content (AvgIpc) is 3.06. The molecule has 0 radical (unpaired) electrons. The average molecular weight is 331 g/mol. The van der Waals surface area contributed by atoms with E-state index in [2.05, 4.69) is 58.3 Å². The SMILES string of the molecule is COc1ccc(CN2Cc3ccccc3N3CCCC23)cc1.Cl. The van der Waals surface area contributed by atoms with E-state index >= 15 is 0 Å². The number of hydrogen-bond acceptors (Lipinski definition) is 3. The maximum Gasteiger partial charge on any atom is 0.118 e. The van der Waals surface area contributed by atoms with Crippen LogP contribution in [0.15, 0.2) is 48.5 Å². The van der Waals surface area contributed by atoms with Gasteiger partial charge in [0.2, 0.25) is 0 Å². The highest BCUT2D eigenvalue weighted by Crippen LogP contribution is 2.36. The molecule has 4 rings (SSSR count). The first kappa shape index (κ1) is 16.2. The fourth-order valence-corrected chi connectivity index (χ4v) is 3.79. The zero-order valence-electron chi connectivity index (χ0n) is 13.4. The lowest BCUT2D eigenvalue weighted by Crippen LogP contribution is -2.47. The van der Waals surface area contributed by atoms with Crippen molar-refractivity contribution in [2.24, 2.45) is 0 Å². The largest absolute Gasteiger partial charge is 0.497 e. The number of methoxy groups -OCH3 is 1. The van der Waals surface area contributed by atoms with Crippen LogP contribution in [0.25, 0.3) is 0 Å². The van der Waals surface area contributed by atoms with Crippen LogP contribution in [0.1, 0.15) is 24.0 Å². The van der Waals surface area contributed by atoms with E-state index in [1.54, 1.807) is 7.11 Å². The van der Waals surface area contributed by atoms with Gasteiger partial charge in [-0.25, -0.2) is 0 Å². The Balaban J connectivity index is 0.00000156. The van der Waals surface area contributed by atoms with Crippen LogP contribution in [0.2, 0.25) is 0 Å². The molecule has 1 atom stereocenters. The molecule has 0 spiro atoms. The minimum atomic E-state index is 0. The lowest BCUT2D eigenvalue weighted by molar-refractivity contribution is 0.172. The fraction of sp³-hybridized carbons (Fsp3) is 0.368. The molecule has 2 aromatic carbocycles. The zero-order valence-corrected chi connectivity index (χ0v) is 14.3. The third-order valence-corrected chi connectivity index (χ3v) is 4.86. The van der Waals surface area contributed by atoms with Gasteiger partial charge >= 0.3 is 0 Å². The van der Waals surface area contributed by atoms with Crippen molar-refractivity contribution in [3.05, 3.63) is 59.7 Å². The van der Waals surface area contributed by atoms with Crippen molar-refractivity contribution in [2.45, 2.75) is 32.1 Å². The summed E-state index contributed by atoms with van der Waals surface area (Å²) in [7, 11) is 1.72. The minimum Gasteiger partial charge on any atom is -0.497 e. The second-order valence-electron chi connectivity index (χ2n) is 6.20. The Morgan fingerprint density at radius 1 is 1.09 bits per heavy atom. The van der Waals surface area contributed by atoms with Crippen molar-refractivity contribution < 1.29 is 4.74 Å². The van der Waals surface area contributed by atoms with E-state index in [0.29, 0.717) is 6.17 Å². The summed E-state index contributed by atoms with van der Waals surface area (Å²) in [6.07, 6.45) is 3.11. The molecule has 0 N–H and O–H groups in total. The summed E-state index contributed by atoms with van der Waals surface area (Å²) in [5, 5.41) is 0. The first-order chi connectivity index (χ1) is 10.8. The van der Waals surface area contributed by atoms with Gasteiger partial charge in [0.05, 0.1) is 13.3 Å². The molecule has 4 heteroatoms. The highest BCUT2D eigenvalue weighted by Gasteiger charge is 2.35. The molecule has 1 fully saturated rings. The molecule has 2 heterocycles. The van der Waals surface area contributed by atoms with Gasteiger partial charge in [-0.1, -0.05) is 30.3 Å². The number of halogens is 1. The van der Waals surface area contributed by atoms with E-state index in [9.17, 15) is 0 Å². The van der Waals surface area contributed by atoms with Crippen molar-refractivity contribution in [3.63, 3.8) is 0 Å². The number of benzene rings is 2. The Morgan fingerprint density at radius 2 is 1.87 bits per heavy atom. The molecule has 1 unspecified atom stereocenters. The number of fused-ring (bicyclic) bond motifs is 3. The Bertz CT molecular complexity index is 659. The van der Waals surface area contributed by atoms with Crippen LogP contribution >= 0.6 is 12.4 Å². The normalized spacial score (nSPS) is 19.7. The standard InChI is InChI=1S/C19H22N2O.ClH/c1-22-17-10-8-15(9-11-17)13-20-14-16-5-2-3-6-18(16)21-12-4-7-19(20)21;/h2-3,5-6,8-11,19H,4,7,12-14H2,1H3;1H. The highest BCUT2D eigenvalue weighted by molar-refractivity contribution is 5.85. The van der Waals surface area contributed by atoms with Gasteiger partial charge in [0.25, 0.3) is 0 Å². The highest BCUT2D eigenvalue weighted by atomic mass is 35.5. The smallest absolute Gasteiger partial charge is 0.118 e. The lowest BCUT2D eigenvalue weighted by atomic mass is 10.1. The van der Waals surface area contributed by atoms with E-state index in [1.165, 1.54) is 36.2 Å². The van der Waals surface area contributed by atoms with Crippen molar-refractivity contribution in [1.82, 2.24) is 4.90 Å². The van der Waals surface area contributed by atoms with E-state index in [0.717, 1.165) is 18.8 Å². The molecule has 3 nitrogen and oxygen atoms in total. The molecule has 122 valence electrons. The topological polar surface area (TPSA) is 15.7 Å². The molecule has 0 bridgehead atoms. The lowest BCUT2D eigenvalue weighted by Gasteiger charge is -2.42. The van der Waals surface area contributed by atoms with Crippen molar-refractivity contribution in [1.29, 1.82) is 0 Å². The third kappa shape index (κ3) is 3.04. The number of nitrogens with zero attached hydrogens (tertiary/aromatic N) is 2. The summed E-state index contributed by atoms with van der Waals surface area (Å²) in [5.41, 5.74) is 4.25. The minimum absolute atomic E-state index is 0. The van der Waals surface area contributed by atoms with Crippen LogP contribution in [0.3, 0.4) is 0 Å². The van der Waals surface area contributed by atoms with Crippen LogP contribution in [0.4, 0.5) is 5.69 Å². The van der Waals surface area contributed by atoms with Crippen molar-refractivity contribution in [3.8, 4) is 5.75 Å². The summed E-state index contributed by atoms with van der Waals surface area (Å²) < 4.78 is 5.25. The van der Waals surface area contributed by atoms with Gasteiger partial charge in [0, 0.05) is 25.3 Å². The van der Waals surface area contributed by atoms with E-state index in [4.69, 9.17) is 4.74 Å². The van der Waals surface area contributed by atoms with Gasteiger partial charge in [-0.2, -0.15) is 0 Å².